The fraction of sp³-hybridized carbons (Fsp3) is 0.417. The van der Waals surface area contributed by atoms with Crippen LogP contribution in [0.5, 0.6) is 0 Å². The summed E-state index contributed by atoms with van der Waals surface area (Å²) in [6, 6.07) is 7.23. The van der Waals surface area contributed by atoms with Crippen LogP contribution in [0.3, 0.4) is 0 Å². The topological polar surface area (TPSA) is 52.3 Å². The lowest BCUT2D eigenvalue weighted by Crippen LogP contribution is -2.37. The highest BCUT2D eigenvalue weighted by atomic mass is 79.9. The Morgan fingerprint density at radius 3 is 2.31 bits per heavy atom. The quantitative estimate of drug-likeness (QED) is 0.869. The molecule has 0 amide bonds. The normalized spacial score (nSPS) is 13.3. The van der Waals surface area contributed by atoms with Crippen molar-refractivity contribution in [3.05, 3.63) is 34.3 Å². The van der Waals surface area contributed by atoms with Gasteiger partial charge in [0.05, 0.1) is 12.5 Å². The summed E-state index contributed by atoms with van der Waals surface area (Å²) >= 11 is 3.36. The van der Waals surface area contributed by atoms with Gasteiger partial charge in [-0.15, -0.1) is 0 Å². The Kier molecular flexibility index (Phi) is 4.10. The summed E-state index contributed by atoms with van der Waals surface area (Å²) in [6.07, 6.45) is 0. The summed E-state index contributed by atoms with van der Waals surface area (Å²) in [7, 11) is 1.37. The van der Waals surface area contributed by atoms with Crippen molar-refractivity contribution in [3.63, 3.8) is 0 Å². The fourth-order valence-corrected chi connectivity index (χ4v) is 1.74. The molecular formula is C12H16BrNO2. The Hall–Kier alpha value is -0.870. The van der Waals surface area contributed by atoms with Gasteiger partial charge in [0.15, 0.2) is 0 Å². The molecule has 2 N–H and O–H groups in total. The first kappa shape index (κ1) is 13.2. The Morgan fingerprint density at radius 2 is 1.88 bits per heavy atom. The van der Waals surface area contributed by atoms with Gasteiger partial charge in [0.2, 0.25) is 0 Å². The van der Waals surface area contributed by atoms with Gasteiger partial charge in [-0.25, -0.2) is 0 Å². The zero-order chi connectivity index (χ0) is 12.3. The van der Waals surface area contributed by atoms with Gasteiger partial charge in [0.25, 0.3) is 0 Å². The first-order valence-corrected chi connectivity index (χ1v) is 5.78. The highest BCUT2D eigenvalue weighted by Crippen LogP contribution is 2.32. The van der Waals surface area contributed by atoms with Crippen LogP contribution < -0.4 is 5.73 Å². The molecule has 0 aromatic heterocycles. The maximum Gasteiger partial charge on any atom is 0.313 e. The first-order valence-electron chi connectivity index (χ1n) is 4.99. The average Bonchev–Trinajstić information content (AvgIpc) is 2.28. The minimum Gasteiger partial charge on any atom is -0.469 e. The molecule has 0 saturated heterocycles. The zero-order valence-electron chi connectivity index (χ0n) is 9.66. The van der Waals surface area contributed by atoms with Gasteiger partial charge < -0.3 is 10.5 Å². The second-order valence-corrected chi connectivity index (χ2v) is 5.16. The van der Waals surface area contributed by atoms with Crippen LogP contribution in [-0.2, 0) is 9.53 Å². The molecule has 0 radical (unpaired) electrons. The molecule has 0 fully saturated rings. The highest BCUT2D eigenvalue weighted by Gasteiger charge is 2.36. The maximum absolute atomic E-state index is 11.6. The van der Waals surface area contributed by atoms with Crippen molar-refractivity contribution in [3.8, 4) is 0 Å². The Morgan fingerprint density at radius 1 is 1.38 bits per heavy atom. The zero-order valence-corrected chi connectivity index (χ0v) is 11.2. The van der Waals surface area contributed by atoms with Crippen molar-refractivity contribution in [1.29, 1.82) is 0 Å². The number of halogens is 1. The van der Waals surface area contributed by atoms with Crippen molar-refractivity contribution in [1.82, 2.24) is 0 Å². The van der Waals surface area contributed by atoms with E-state index in [0.29, 0.717) is 0 Å². The van der Waals surface area contributed by atoms with Gasteiger partial charge in [-0.1, -0.05) is 28.1 Å². The van der Waals surface area contributed by atoms with E-state index >= 15 is 0 Å². The molecule has 1 atom stereocenters. The molecular weight excluding hydrogens is 270 g/mol. The van der Waals surface area contributed by atoms with Gasteiger partial charge in [-0.3, -0.25) is 4.79 Å². The molecule has 1 rings (SSSR count). The number of ether oxygens (including phenoxy) is 1. The number of hydrogen-bond acceptors (Lipinski definition) is 3. The second-order valence-electron chi connectivity index (χ2n) is 4.24. The number of rotatable bonds is 3. The molecule has 88 valence electrons. The summed E-state index contributed by atoms with van der Waals surface area (Å²) in [4.78, 5) is 11.6. The first-order chi connectivity index (χ1) is 7.39. The Bertz CT molecular complexity index is 373. The van der Waals surface area contributed by atoms with Crippen molar-refractivity contribution < 1.29 is 9.53 Å². The Balaban J connectivity index is 2.97. The highest BCUT2D eigenvalue weighted by molar-refractivity contribution is 9.10. The van der Waals surface area contributed by atoms with Gasteiger partial charge in [0.1, 0.15) is 0 Å². The van der Waals surface area contributed by atoms with Crippen molar-refractivity contribution >= 4 is 21.9 Å². The third kappa shape index (κ3) is 2.62. The standard InChI is InChI=1S/C12H16BrNO2/c1-12(2,11(15)16-3)10(14)8-4-6-9(13)7-5-8/h4-7,10H,14H2,1-3H3/t10-/m1/s1. The molecule has 1 aromatic rings. The van der Waals surface area contributed by atoms with Crippen LogP contribution in [0.1, 0.15) is 25.5 Å². The van der Waals surface area contributed by atoms with Crippen LogP contribution in [0.4, 0.5) is 0 Å². The number of hydrogen-bond donors (Lipinski definition) is 1. The monoisotopic (exact) mass is 285 g/mol. The number of carbonyl (C=O) groups is 1. The average molecular weight is 286 g/mol. The molecule has 0 aliphatic carbocycles. The van der Waals surface area contributed by atoms with E-state index in [0.717, 1.165) is 10.0 Å². The van der Waals surface area contributed by atoms with E-state index in [4.69, 9.17) is 10.5 Å². The number of methoxy groups -OCH3 is 1. The number of carbonyl (C=O) groups excluding carboxylic acids is 1. The molecule has 0 spiro atoms. The molecule has 4 heteroatoms. The summed E-state index contributed by atoms with van der Waals surface area (Å²) in [5.41, 5.74) is 6.27. The largest absolute Gasteiger partial charge is 0.469 e. The predicted molar refractivity (Wildman–Crippen MR) is 66.9 cm³/mol. The van der Waals surface area contributed by atoms with Crippen molar-refractivity contribution in [2.45, 2.75) is 19.9 Å². The molecule has 0 aliphatic rings. The van der Waals surface area contributed by atoms with E-state index in [2.05, 4.69) is 15.9 Å². The lowest BCUT2D eigenvalue weighted by Gasteiger charge is -2.28. The van der Waals surface area contributed by atoms with Crippen LogP contribution >= 0.6 is 15.9 Å². The lowest BCUT2D eigenvalue weighted by atomic mass is 9.81. The number of esters is 1. The molecule has 16 heavy (non-hydrogen) atoms. The summed E-state index contributed by atoms with van der Waals surface area (Å²) in [5.74, 6) is -0.303. The fourth-order valence-electron chi connectivity index (χ4n) is 1.48. The van der Waals surface area contributed by atoms with E-state index in [1.54, 1.807) is 13.8 Å². The minimum atomic E-state index is -0.734. The van der Waals surface area contributed by atoms with Crippen LogP contribution in [0, 0.1) is 5.41 Å². The molecule has 0 saturated carbocycles. The second kappa shape index (κ2) is 4.97. The summed E-state index contributed by atoms with van der Waals surface area (Å²) in [5, 5.41) is 0. The molecule has 0 heterocycles. The minimum absolute atomic E-state index is 0.303. The molecule has 3 nitrogen and oxygen atoms in total. The van der Waals surface area contributed by atoms with Gasteiger partial charge in [-0.2, -0.15) is 0 Å². The Labute approximate surface area is 104 Å². The van der Waals surface area contributed by atoms with E-state index in [9.17, 15) is 4.79 Å². The van der Waals surface area contributed by atoms with E-state index in [-0.39, 0.29) is 12.0 Å². The smallest absolute Gasteiger partial charge is 0.313 e. The van der Waals surface area contributed by atoms with Gasteiger partial charge in [-0.05, 0) is 31.5 Å². The SMILES string of the molecule is COC(=O)C(C)(C)[C@H](N)c1ccc(Br)cc1. The molecule has 0 unspecified atom stereocenters. The van der Waals surface area contributed by atoms with Crippen molar-refractivity contribution in [2.75, 3.05) is 7.11 Å². The van der Waals surface area contributed by atoms with Gasteiger partial charge in [0, 0.05) is 10.5 Å². The lowest BCUT2D eigenvalue weighted by molar-refractivity contribution is -0.152. The third-order valence-corrected chi connectivity index (χ3v) is 3.25. The predicted octanol–water partition coefficient (Wildman–Crippen LogP) is 2.65. The van der Waals surface area contributed by atoms with Crippen LogP contribution in [0.2, 0.25) is 0 Å². The molecule has 0 bridgehead atoms. The maximum atomic E-state index is 11.6. The summed E-state index contributed by atoms with van der Waals surface area (Å²) in [6.45, 7) is 3.57. The van der Waals surface area contributed by atoms with Crippen molar-refractivity contribution in [2.24, 2.45) is 11.1 Å². The van der Waals surface area contributed by atoms with E-state index < -0.39 is 5.41 Å². The van der Waals surface area contributed by atoms with E-state index in [1.807, 2.05) is 24.3 Å². The number of benzene rings is 1. The molecule has 1 aromatic carbocycles. The van der Waals surface area contributed by atoms with Crippen LogP contribution in [0.25, 0.3) is 0 Å². The van der Waals surface area contributed by atoms with Gasteiger partial charge >= 0.3 is 5.97 Å². The molecule has 0 aliphatic heterocycles. The summed E-state index contributed by atoms with van der Waals surface area (Å²) < 4.78 is 5.74. The third-order valence-electron chi connectivity index (χ3n) is 2.72. The van der Waals surface area contributed by atoms with Crippen LogP contribution in [0.15, 0.2) is 28.7 Å². The van der Waals surface area contributed by atoms with Crippen LogP contribution in [-0.4, -0.2) is 13.1 Å². The number of nitrogens with two attached hydrogens (primary N) is 1. The van der Waals surface area contributed by atoms with E-state index in [1.165, 1.54) is 7.11 Å².